The highest BCUT2D eigenvalue weighted by Crippen LogP contribution is 2.32. The summed E-state index contributed by atoms with van der Waals surface area (Å²) >= 11 is 7.03. The van der Waals surface area contributed by atoms with E-state index in [4.69, 9.17) is 10.5 Å². The van der Waals surface area contributed by atoms with Gasteiger partial charge in [-0.25, -0.2) is 0 Å². The van der Waals surface area contributed by atoms with E-state index in [0.717, 1.165) is 25.8 Å². The van der Waals surface area contributed by atoms with Gasteiger partial charge in [0.05, 0.1) is 17.6 Å². The van der Waals surface area contributed by atoms with E-state index in [1.807, 2.05) is 30.3 Å². The topological polar surface area (TPSA) is 35.2 Å². The number of hydrogen-bond donors (Lipinski definition) is 1. The molecule has 4 heteroatoms. The van der Waals surface area contributed by atoms with Gasteiger partial charge >= 0.3 is 0 Å². The highest BCUT2D eigenvalue weighted by Gasteiger charge is 2.14. The minimum absolute atomic E-state index is 0.153. The van der Waals surface area contributed by atoms with Crippen LogP contribution in [0, 0.1) is 6.92 Å². The van der Waals surface area contributed by atoms with Crippen LogP contribution in [0.1, 0.15) is 22.7 Å². The average Bonchev–Trinajstić information content (AvgIpc) is 2.41. The van der Waals surface area contributed by atoms with Crippen LogP contribution in [0.15, 0.2) is 45.3 Å². The quantitative estimate of drug-likeness (QED) is 0.840. The van der Waals surface area contributed by atoms with Crippen LogP contribution >= 0.6 is 31.9 Å². The summed E-state index contributed by atoms with van der Waals surface area (Å²) in [6.07, 6.45) is 0. The maximum Gasteiger partial charge on any atom is 0.133 e. The molecule has 19 heavy (non-hydrogen) atoms. The van der Waals surface area contributed by atoms with Crippen molar-refractivity contribution in [3.8, 4) is 5.75 Å². The van der Waals surface area contributed by atoms with E-state index in [1.165, 1.54) is 5.56 Å². The summed E-state index contributed by atoms with van der Waals surface area (Å²) in [6.45, 7) is 2.07. The lowest BCUT2D eigenvalue weighted by Crippen LogP contribution is -2.13. The first-order valence-corrected chi connectivity index (χ1v) is 7.47. The molecular weight excluding hydrogens is 370 g/mol. The van der Waals surface area contributed by atoms with E-state index in [2.05, 4.69) is 44.8 Å². The summed E-state index contributed by atoms with van der Waals surface area (Å²) in [5.41, 5.74) is 9.70. The first kappa shape index (κ1) is 14.6. The van der Waals surface area contributed by atoms with E-state index in [-0.39, 0.29) is 6.04 Å². The Labute approximate surface area is 130 Å². The molecule has 0 fully saturated rings. The summed E-state index contributed by atoms with van der Waals surface area (Å²) in [5, 5.41) is 0. The minimum Gasteiger partial charge on any atom is -0.496 e. The zero-order chi connectivity index (χ0) is 14.0. The number of benzene rings is 2. The first-order valence-electron chi connectivity index (χ1n) is 5.88. The average molecular weight is 385 g/mol. The van der Waals surface area contributed by atoms with Crippen molar-refractivity contribution >= 4 is 31.9 Å². The van der Waals surface area contributed by atoms with Crippen LogP contribution in [-0.4, -0.2) is 7.11 Å². The molecular formula is C15H15Br2NO. The number of ether oxygens (including phenoxy) is 1. The zero-order valence-corrected chi connectivity index (χ0v) is 14.0. The maximum atomic E-state index is 6.36. The molecule has 0 aliphatic rings. The highest BCUT2D eigenvalue weighted by molar-refractivity contribution is 9.10. The molecule has 0 aromatic heterocycles. The molecule has 2 N–H and O–H groups in total. The molecule has 0 aliphatic carbocycles. The molecule has 1 unspecified atom stereocenters. The molecule has 0 bridgehead atoms. The van der Waals surface area contributed by atoms with E-state index in [9.17, 15) is 0 Å². The summed E-state index contributed by atoms with van der Waals surface area (Å²) < 4.78 is 7.22. The molecule has 0 saturated heterocycles. The van der Waals surface area contributed by atoms with Crippen molar-refractivity contribution in [2.24, 2.45) is 5.73 Å². The molecule has 0 radical (unpaired) electrons. The third-order valence-corrected chi connectivity index (χ3v) is 4.66. The van der Waals surface area contributed by atoms with Gasteiger partial charge in [-0.05, 0) is 57.7 Å². The second-order valence-electron chi connectivity index (χ2n) is 4.33. The Kier molecular flexibility index (Phi) is 4.66. The van der Waals surface area contributed by atoms with E-state index in [0.29, 0.717) is 0 Å². The molecule has 0 spiro atoms. The number of rotatable bonds is 3. The fraction of sp³-hybridized carbons (Fsp3) is 0.200. The Bertz CT molecular complexity index is 599. The fourth-order valence-electron chi connectivity index (χ4n) is 2.02. The first-order chi connectivity index (χ1) is 9.04. The monoisotopic (exact) mass is 383 g/mol. The SMILES string of the molecule is COc1ccc(C(N)c2cccc(Br)c2C)cc1Br. The van der Waals surface area contributed by atoms with E-state index >= 15 is 0 Å². The minimum atomic E-state index is -0.153. The van der Waals surface area contributed by atoms with Gasteiger partial charge in [-0.15, -0.1) is 0 Å². The lowest BCUT2D eigenvalue weighted by Gasteiger charge is -2.17. The van der Waals surface area contributed by atoms with E-state index < -0.39 is 0 Å². The zero-order valence-electron chi connectivity index (χ0n) is 10.8. The van der Waals surface area contributed by atoms with Gasteiger partial charge < -0.3 is 10.5 Å². The smallest absolute Gasteiger partial charge is 0.133 e. The van der Waals surface area contributed by atoms with Crippen LogP contribution in [0.25, 0.3) is 0 Å². The molecule has 2 rings (SSSR count). The molecule has 0 heterocycles. The summed E-state index contributed by atoms with van der Waals surface area (Å²) in [5.74, 6) is 0.807. The third kappa shape index (κ3) is 3.02. The molecule has 0 saturated carbocycles. The Morgan fingerprint density at radius 1 is 1.11 bits per heavy atom. The predicted octanol–water partition coefficient (Wildman–Crippen LogP) is 4.58. The van der Waals surface area contributed by atoms with Crippen molar-refractivity contribution in [3.63, 3.8) is 0 Å². The Hall–Kier alpha value is -0.840. The van der Waals surface area contributed by atoms with Crippen molar-refractivity contribution in [2.45, 2.75) is 13.0 Å². The van der Waals surface area contributed by atoms with Gasteiger partial charge in [-0.1, -0.05) is 34.1 Å². The molecule has 2 aromatic carbocycles. The van der Waals surface area contributed by atoms with Gasteiger partial charge in [0.15, 0.2) is 0 Å². The number of methoxy groups -OCH3 is 1. The van der Waals surface area contributed by atoms with Crippen LogP contribution in [0.2, 0.25) is 0 Å². The van der Waals surface area contributed by atoms with Crippen LogP contribution in [0.3, 0.4) is 0 Å². The lowest BCUT2D eigenvalue weighted by atomic mass is 9.96. The van der Waals surface area contributed by atoms with Crippen LogP contribution < -0.4 is 10.5 Å². The highest BCUT2D eigenvalue weighted by atomic mass is 79.9. The lowest BCUT2D eigenvalue weighted by molar-refractivity contribution is 0.412. The maximum absolute atomic E-state index is 6.36. The summed E-state index contributed by atoms with van der Waals surface area (Å²) in [4.78, 5) is 0. The molecule has 1 atom stereocenters. The van der Waals surface area contributed by atoms with Gasteiger partial charge in [-0.2, -0.15) is 0 Å². The third-order valence-electron chi connectivity index (χ3n) is 3.18. The standard InChI is InChI=1S/C15H15Br2NO/c1-9-11(4-3-5-12(9)16)15(18)10-6-7-14(19-2)13(17)8-10/h3-8,15H,18H2,1-2H3. The predicted molar refractivity (Wildman–Crippen MR) is 85.6 cm³/mol. The van der Waals surface area contributed by atoms with Gasteiger partial charge in [-0.3, -0.25) is 0 Å². The number of halogens is 2. The normalized spacial score (nSPS) is 12.3. The summed E-state index contributed by atoms with van der Waals surface area (Å²) in [7, 11) is 1.65. The van der Waals surface area contributed by atoms with Crippen molar-refractivity contribution in [1.82, 2.24) is 0 Å². The molecule has 0 amide bonds. The van der Waals surface area contributed by atoms with E-state index in [1.54, 1.807) is 7.11 Å². The van der Waals surface area contributed by atoms with Gasteiger partial charge in [0.2, 0.25) is 0 Å². The number of hydrogen-bond acceptors (Lipinski definition) is 2. The largest absolute Gasteiger partial charge is 0.496 e. The Morgan fingerprint density at radius 3 is 2.47 bits per heavy atom. The molecule has 0 aliphatic heterocycles. The van der Waals surface area contributed by atoms with Gasteiger partial charge in [0.25, 0.3) is 0 Å². The van der Waals surface area contributed by atoms with Gasteiger partial charge in [0.1, 0.15) is 5.75 Å². The summed E-state index contributed by atoms with van der Waals surface area (Å²) in [6, 6.07) is 11.9. The van der Waals surface area contributed by atoms with Crippen LogP contribution in [0.4, 0.5) is 0 Å². The van der Waals surface area contributed by atoms with Crippen LogP contribution in [-0.2, 0) is 0 Å². The number of nitrogens with two attached hydrogens (primary N) is 1. The van der Waals surface area contributed by atoms with Crippen LogP contribution in [0.5, 0.6) is 5.75 Å². The second kappa shape index (κ2) is 6.07. The van der Waals surface area contributed by atoms with Crippen molar-refractivity contribution in [3.05, 3.63) is 62.0 Å². The van der Waals surface area contributed by atoms with Gasteiger partial charge in [0, 0.05) is 4.47 Å². The molecule has 100 valence electrons. The second-order valence-corrected chi connectivity index (χ2v) is 6.03. The Morgan fingerprint density at radius 2 is 1.84 bits per heavy atom. The Balaban J connectivity index is 2.41. The molecule has 2 nitrogen and oxygen atoms in total. The fourth-order valence-corrected chi connectivity index (χ4v) is 2.96. The van der Waals surface area contributed by atoms with Crippen molar-refractivity contribution in [1.29, 1.82) is 0 Å². The van der Waals surface area contributed by atoms with Crippen molar-refractivity contribution in [2.75, 3.05) is 7.11 Å². The van der Waals surface area contributed by atoms with Crippen molar-refractivity contribution < 1.29 is 4.74 Å². The molecule has 2 aromatic rings.